The maximum atomic E-state index is 11.9. The zero-order valence-electron chi connectivity index (χ0n) is 11.8. The highest BCUT2D eigenvalue weighted by Crippen LogP contribution is 2.19. The topological polar surface area (TPSA) is 69.8 Å². The summed E-state index contributed by atoms with van der Waals surface area (Å²) >= 11 is 1.50. The summed E-state index contributed by atoms with van der Waals surface area (Å²) in [5.41, 5.74) is 2.47. The Labute approximate surface area is 127 Å². The average Bonchev–Trinajstić information content (AvgIpc) is 2.48. The van der Waals surface area contributed by atoms with Crippen molar-refractivity contribution in [2.75, 3.05) is 11.6 Å². The number of thioether (sulfide) groups is 1. The van der Waals surface area contributed by atoms with Gasteiger partial charge in [-0.05, 0) is 43.0 Å². The van der Waals surface area contributed by atoms with E-state index in [1.807, 2.05) is 43.6 Å². The van der Waals surface area contributed by atoms with E-state index >= 15 is 0 Å². The van der Waals surface area contributed by atoms with Gasteiger partial charge in [0.2, 0.25) is 0 Å². The van der Waals surface area contributed by atoms with Crippen LogP contribution < -0.4 is 16.2 Å². The number of nitriles is 1. The Balaban J connectivity index is 2.28. The van der Waals surface area contributed by atoms with E-state index in [4.69, 9.17) is 5.26 Å². The first-order valence-corrected chi connectivity index (χ1v) is 7.67. The van der Waals surface area contributed by atoms with Crippen LogP contribution in [0.25, 0.3) is 5.69 Å². The zero-order chi connectivity index (χ0) is 15.2. The number of aryl methyl sites for hydroxylation is 1. The van der Waals surface area contributed by atoms with Crippen molar-refractivity contribution >= 4 is 17.4 Å². The quantitative estimate of drug-likeness (QED) is 0.503. The van der Waals surface area contributed by atoms with Crippen LogP contribution in [0.5, 0.6) is 0 Å². The minimum Gasteiger partial charge on any atom is -0.356 e. The predicted molar refractivity (Wildman–Crippen MR) is 86.5 cm³/mol. The second-order valence-corrected chi connectivity index (χ2v) is 5.37. The number of anilines is 1. The van der Waals surface area contributed by atoms with Crippen molar-refractivity contribution in [3.63, 3.8) is 0 Å². The lowest BCUT2D eigenvalue weighted by Crippen LogP contribution is -2.29. The Hall–Kier alpha value is -2.39. The van der Waals surface area contributed by atoms with Gasteiger partial charge in [0.25, 0.3) is 5.56 Å². The largest absolute Gasteiger partial charge is 0.356 e. The monoisotopic (exact) mass is 300 g/mol. The van der Waals surface area contributed by atoms with Gasteiger partial charge < -0.3 is 5.32 Å². The van der Waals surface area contributed by atoms with Gasteiger partial charge in [-0.25, -0.2) is 0 Å². The fourth-order valence-corrected chi connectivity index (χ4v) is 2.43. The van der Waals surface area contributed by atoms with Crippen molar-refractivity contribution in [3.8, 4) is 11.9 Å². The lowest BCUT2D eigenvalue weighted by Gasteiger charge is -2.17. The summed E-state index contributed by atoms with van der Waals surface area (Å²) < 4.78 is 1.61. The molecule has 0 amide bonds. The van der Waals surface area contributed by atoms with Gasteiger partial charge in [0.15, 0.2) is 11.7 Å². The zero-order valence-corrected chi connectivity index (χ0v) is 12.6. The summed E-state index contributed by atoms with van der Waals surface area (Å²) in [5.74, 6) is 0. The molecule has 2 rings (SSSR count). The summed E-state index contributed by atoms with van der Waals surface area (Å²) in [6.45, 7) is 1.95. The fraction of sp³-hybridized carbons (Fsp3) is 0.200. The average molecular weight is 300 g/mol. The van der Waals surface area contributed by atoms with Crippen molar-refractivity contribution in [1.29, 1.82) is 5.26 Å². The van der Waals surface area contributed by atoms with Gasteiger partial charge in [0.1, 0.15) is 0 Å². The summed E-state index contributed by atoms with van der Waals surface area (Å²) in [6.07, 6.45) is 5.58. The molecule has 1 aromatic heterocycles. The van der Waals surface area contributed by atoms with Crippen molar-refractivity contribution in [2.45, 2.75) is 12.4 Å². The summed E-state index contributed by atoms with van der Waals surface area (Å²) in [7, 11) is 0. The van der Waals surface area contributed by atoms with E-state index in [1.54, 1.807) is 16.8 Å². The molecular formula is C15H16N4OS. The second kappa shape index (κ2) is 6.86. The maximum Gasteiger partial charge on any atom is 0.255 e. The molecule has 0 spiro atoms. The Morgan fingerprint density at radius 1 is 1.33 bits per heavy atom. The third-order valence-corrected chi connectivity index (χ3v) is 3.72. The van der Waals surface area contributed by atoms with Crippen LogP contribution in [0, 0.1) is 18.4 Å². The van der Waals surface area contributed by atoms with E-state index in [-0.39, 0.29) is 11.1 Å². The van der Waals surface area contributed by atoms with E-state index in [0.717, 1.165) is 16.9 Å². The van der Waals surface area contributed by atoms with Crippen LogP contribution in [0.1, 0.15) is 5.56 Å². The molecule has 0 aliphatic heterocycles. The molecule has 1 atom stereocenters. The first kappa shape index (κ1) is 15.0. The molecule has 5 nitrogen and oxygen atoms in total. The van der Waals surface area contributed by atoms with Crippen molar-refractivity contribution in [1.82, 2.24) is 9.88 Å². The van der Waals surface area contributed by atoms with Crippen molar-refractivity contribution in [3.05, 3.63) is 58.5 Å². The van der Waals surface area contributed by atoms with E-state index in [1.165, 1.54) is 17.8 Å². The molecule has 1 unspecified atom stereocenters. The van der Waals surface area contributed by atoms with Crippen LogP contribution in [0.4, 0.5) is 5.69 Å². The van der Waals surface area contributed by atoms with Crippen molar-refractivity contribution < 1.29 is 0 Å². The molecule has 0 aliphatic rings. The summed E-state index contributed by atoms with van der Waals surface area (Å²) in [4.78, 5) is 11.9. The molecule has 6 heteroatoms. The Kier molecular flexibility index (Phi) is 4.90. The molecule has 2 aromatic rings. The Morgan fingerprint density at radius 2 is 2.14 bits per heavy atom. The Bertz CT molecular complexity index is 720. The summed E-state index contributed by atoms with van der Waals surface area (Å²) in [5, 5.41) is 14.5. The fourth-order valence-electron chi connectivity index (χ4n) is 2.01. The molecule has 1 heterocycles. The van der Waals surface area contributed by atoms with Crippen LogP contribution >= 0.6 is 11.8 Å². The minimum atomic E-state index is -0.181. The number of hydrogen-bond acceptors (Lipinski definition) is 5. The van der Waals surface area contributed by atoms with Gasteiger partial charge in [-0.1, -0.05) is 6.07 Å². The maximum absolute atomic E-state index is 11.9. The molecule has 0 saturated heterocycles. The van der Waals surface area contributed by atoms with Crippen LogP contribution in [-0.4, -0.2) is 16.3 Å². The number of benzene rings is 1. The molecule has 1 aromatic carbocycles. The molecule has 2 N–H and O–H groups in total. The lowest BCUT2D eigenvalue weighted by atomic mass is 10.1. The van der Waals surface area contributed by atoms with Crippen LogP contribution in [0.3, 0.4) is 0 Å². The predicted octanol–water partition coefficient (Wildman–Crippen LogP) is 2.28. The highest BCUT2D eigenvalue weighted by Gasteiger charge is 2.07. The standard InChI is InChI=1S/C15H16N4OS/c1-11-9-12(18-15(21-2)17-10-16)6-7-13(11)19-8-4-3-5-14(19)20/h3-9,15,17-18H,1-2H3. The number of nitrogens with zero attached hydrogens (tertiary/aromatic N) is 2. The van der Waals surface area contributed by atoms with Gasteiger partial charge in [-0.3, -0.25) is 14.7 Å². The van der Waals surface area contributed by atoms with Crippen LogP contribution in [-0.2, 0) is 0 Å². The second-order valence-electron chi connectivity index (χ2n) is 4.43. The SMILES string of the molecule is CSC(NC#N)Nc1ccc(-n2ccccc2=O)c(C)c1. The van der Waals surface area contributed by atoms with E-state index in [2.05, 4.69) is 10.6 Å². The van der Waals surface area contributed by atoms with Gasteiger partial charge >= 0.3 is 0 Å². The van der Waals surface area contributed by atoms with Gasteiger partial charge in [0, 0.05) is 18.0 Å². The molecule has 21 heavy (non-hydrogen) atoms. The Morgan fingerprint density at radius 3 is 2.76 bits per heavy atom. The highest BCUT2D eigenvalue weighted by molar-refractivity contribution is 7.99. The molecule has 0 fully saturated rings. The van der Waals surface area contributed by atoms with E-state index < -0.39 is 0 Å². The van der Waals surface area contributed by atoms with Gasteiger partial charge in [-0.15, -0.1) is 11.8 Å². The number of rotatable bonds is 5. The molecule has 0 saturated carbocycles. The van der Waals surface area contributed by atoms with Crippen LogP contribution in [0.15, 0.2) is 47.4 Å². The highest BCUT2D eigenvalue weighted by atomic mass is 32.2. The van der Waals surface area contributed by atoms with Crippen molar-refractivity contribution in [2.24, 2.45) is 0 Å². The molecule has 0 bridgehead atoms. The van der Waals surface area contributed by atoms with Gasteiger partial charge in [-0.2, -0.15) is 5.26 Å². The number of nitrogens with one attached hydrogen (secondary N) is 2. The number of aromatic nitrogens is 1. The molecular weight excluding hydrogens is 284 g/mol. The normalized spacial score (nSPS) is 11.5. The van der Waals surface area contributed by atoms with E-state index in [0.29, 0.717) is 0 Å². The first-order valence-electron chi connectivity index (χ1n) is 6.38. The third-order valence-electron chi connectivity index (χ3n) is 3.01. The van der Waals surface area contributed by atoms with E-state index in [9.17, 15) is 4.79 Å². The summed E-state index contributed by atoms with van der Waals surface area (Å²) in [6, 6.07) is 10.8. The van der Waals surface area contributed by atoms with Crippen LogP contribution in [0.2, 0.25) is 0 Å². The number of hydrogen-bond donors (Lipinski definition) is 2. The molecule has 0 radical (unpaired) electrons. The van der Waals surface area contributed by atoms with Gasteiger partial charge in [0.05, 0.1) is 5.69 Å². The smallest absolute Gasteiger partial charge is 0.255 e. The molecule has 108 valence electrons. The first-order chi connectivity index (χ1) is 10.2. The molecule has 0 aliphatic carbocycles. The minimum absolute atomic E-state index is 0.0607. The number of pyridine rings is 1. The lowest BCUT2D eigenvalue weighted by molar-refractivity contribution is 0.884. The third kappa shape index (κ3) is 3.58.